The molecular formula is C26H30N2O5. The van der Waals surface area contributed by atoms with Crippen LogP contribution in [0, 0.1) is 5.92 Å². The summed E-state index contributed by atoms with van der Waals surface area (Å²) in [4.78, 5) is 30.0. The Morgan fingerprint density at radius 2 is 1.97 bits per heavy atom. The lowest BCUT2D eigenvalue weighted by molar-refractivity contribution is -0.116. The van der Waals surface area contributed by atoms with Crippen LogP contribution in [-0.4, -0.2) is 36.7 Å². The summed E-state index contributed by atoms with van der Waals surface area (Å²) in [5.41, 5.74) is 5.28. The molecule has 1 aromatic carbocycles. The van der Waals surface area contributed by atoms with Gasteiger partial charge in [-0.2, -0.15) is 0 Å². The van der Waals surface area contributed by atoms with Crippen LogP contribution >= 0.6 is 0 Å². The quantitative estimate of drug-likeness (QED) is 0.358. The Morgan fingerprint density at radius 1 is 1.18 bits per heavy atom. The minimum atomic E-state index is -0.843. The molecule has 0 spiro atoms. The van der Waals surface area contributed by atoms with E-state index in [1.165, 1.54) is 14.2 Å². The lowest BCUT2D eigenvalue weighted by Gasteiger charge is -2.16. The lowest BCUT2D eigenvalue weighted by atomic mass is 9.98. The fourth-order valence-electron chi connectivity index (χ4n) is 4.50. The predicted octanol–water partition coefficient (Wildman–Crippen LogP) is 4.06. The van der Waals surface area contributed by atoms with Crippen LogP contribution < -0.4 is 10.3 Å². The summed E-state index contributed by atoms with van der Waals surface area (Å²) in [6.07, 6.45) is 0.652. The molecule has 0 saturated heterocycles. The Bertz CT molecular complexity index is 1260. The predicted molar refractivity (Wildman–Crippen MR) is 127 cm³/mol. The van der Waals surface area contributed by atoms with E-state index in [2.05, 4.69) is 20.8 Å². The van der Waals surface area contributed by atoms with Crippen molar-refractivity contribution >= 4 is 17.2 Å². The first-order valence-electron chi connectivity index (χ1n) is 11.3. The Balaban J connectivity index is 1.91. The highest BCUT2D eigenvalue weighted by molar-refractivity contribution is 5.89. The summed E-state index contributed by atoms with van der Waals surface area (Å²) in [7, 11) is 2.98. The number of hydrogen-bond acceptors (Lipinski definition) is 6. The number of methoxy groups -OCH3 is 2. The first-order valence-corrected chi connectivity index (χ1v) is 11.3. The van der Waals surface area contributed by atoms with Crippen LogP contribution in [0.1, 0.15) is 49.1 Å². The molecule has 1 aliphatic rings. The number of fused-ring (bicyclic) bond motifs is 4. The van der Waals surface area contributed by atoms with E-state index in [1.807, 2.05) is 24.3 Å². The second-order valence-electron chi connectivity index (χ2n) is 8.74. The van der Waals surface area contributed by atoms with Crippen molar-refractivity contribution in [2.75, 3.05) is 20.8 Å². The molecule has 1 aliphatic heterocycles. The van der Waals surface area contributed by atoms with Gasteiger partial charge in [-0.3, -0.25) is 4.79 Å². The van der Waals surface area contributed by atoms with Gasteiger partial charge in [-0.15, -0.1) is 0 Å². The third kappa shape index (κ3) is 4.07. The Labute approximate surface area is 193 Å². The average Bonchev–Trinajstić information content (AvgIpc) is 3.17. The number of aromatic nitrogens is 2. The van der Waals surface area contributed by atoms with Crippen molar-refractivity contribution in [3.05, 3.63) is 56.9 Å². The van der Waals surface area contributed by atoms with Gasteiger partial charge < -0.3 is 23.6 Å². The van der Waals surface area contributed by atoms with E-state index in [9.17, 15) is 9.59 Å². The van der Waals surface area contributed by atoms with E-state index >= 15 is 0 Å². The molecule has 4 rings (SSSR count). The molecule has 0 bridgehead atoms. The van der Waals surface area contributed by atoms with Gasteiger partial charge in [0.15, 0.2) is 6.29 Å². The SMILES string of the molecule is CCc1c2c(nc3ccc(OCC(C)C)cc13)-c1cc(C(C=O)OC)c(COC)c(=O)n1C2. The molecule has 0 N–H and O–H groups in total. The van der Waals surface area contributed by atoms with Crippen LogP contribution in [0.25, 0.3) is 22.3 Å². The molecule has 0 saturated carbocycles. The maximum atomic E-state index is 13.4. The van der Waals surface area contributed by atoms with Crippen molar-refractivity contribution in [1.82, 2.24) is 9.55 Å². The van der Waals surface area contributed by atoms with Crippen molar-refractivity contribution in [1.29, 1.82) is 0 Å². The molecule has 0 radical (unpaired) electrons. The van der Waals surface area contributed by atoms with E-state index in [4.69, 9.17) is 19.2 Å². The third-order valence-electron chi connectivity index (χ3n) is 6.08. The average molecular weight is 451 g/mol. The minimum Gasteiger partial charge on any atom is -0.493 e. The number of aryl methyl sites for hydroxylation is 1. The van der Waals surface area contributed by atoms with Crippen LogP contribution in [0.2, 0.25) is 0 Å². The Morgan fingerprint density at radius 3 is 2.61 bits per heavy atom. The van der Waals surface area contributed by atoms with Gasteiger partial charge in [-0.1, -0.05) is 20.8 Å². The summed E-state index contributed by atoms with van der Waals surface area (Å²) < 4.78 is 18.3. The molecule has 2 aromatic heterocycles. The topological polar surface area (TPSA) is 79.7 Å². The zero-order valence-electron chi connectivity index (χ0n) is 19.8. The van der Waals surface area contributed by atoms with Gasteiger partial charge in [0.2, 0.25) is 0 Å². The van der Waals surface area contributed by atoms with Crippen molar-refractivity contribution in [2.24, 2.45) is 5.92 Å². The van der Waals surface area contributed by atoms with Gasteiger partial charge in [-0.25, -0.2) is 4.98 Å². The molecule has 0 fully saturated rings. The van der Waals surface area contributed by atoms with Crippen molar-refractivity contribution in [2.45, 2.75) is 46.4 Å². The fourth-order valence-corrected chi connectivity index (χ4v) is 4.50. The van der Waals surface area contributed by atoms with E-state index in [0.717, 1.165) is 39.9 Å². The molecular weight excluding hydrogens is 420 g/mol. The summed E-state index contributed by atoms with van der Waals surface area (Å²) in [6, 6.07) is 7.80. The first kappa shape index (κ1) is 23.1. The molecule has 174 valence electrons. The van der Waals surface area contributed by atoms with Gasteiger partial charge in [0.25, 0.3) is 5.56 Å². The van der Waals surface area contributed by atoms with E-state index in [1.54, 1.807) is 4.57 Å². The van der Waals surface area contributed by atoms with E-state index in [0.29, 0.717) is 42.2 Å². The summed E-state index contributed by atoms with van der Waals surface area (Å²) >= 11 is 0. The monoisotopic (exact) mass is 450 g/mol. The Hall–Kier alpha value is -3.03. The molecule has 7 heteroatoms. The number of benzene rings is 1. The molecule has 7 nitrogen and oxygen atoms in total. The number of carbonyl (C=O) groups is 1. The molecule has 3 heterocycles. The number of aldehydes is 1. The van der Waals surface area contributed by atoms with Crippen LogP contribution in [0.4, 0.5) is 0 Å². The summed E-state index contributed by atoms with van der Waals surface area (Å²) in [5, 5.41) is 1.04. The van der Waals surface area contributed by atoms with Crippen LogP contribution in [0.3, 0.4) is 0 Å². The second-order valence-corrected chi connectivity index (χ2v) is 8.74. The van der Waals surface area contributed by atoms with E-state index < -0.39 is 6.10 Å². The molecule has 0 amide bonds. The Kier molecular flexibility index (Phi) is 6.63. The van der Waals surface area contributed by atoms with Gasteiger partial charge in [0.05, 0.1) is 36.7 Å². The van der Waals surface area contributed by atoms with Gasteiger partial charge >= 0.3 is 0 Å². The van der Waals surface area contributed by atoms with Crippen LogP contribution in [-0.2, 0) is 33.8 Å². The zero-order chi connectivity index (χ0) is 23.7. The second kappa shape index (κ2) is 9.45. The van der Waals surface area contributed by atoms with Crippen molar-refractivity contribution in [3.63, 3.8) is 0 Å². The molecule has 3 aromatic rings. The highest BCUT2D eigenvalue weighted by Gasteiger charge is 2.29. The number of hydrogen-bond donors (Lipinski definition) is 0. The van der Waals surface area contributed by atoms with Crippen LogP contribution in [0.15, 0.2) is 29.1 Å². The fraction of sp³-hybridized carbons (Fsp3) is 0.423. The summed E-state index contributed by atoms with van der Waals surface area (Å²) in [6.45, 7) is 7.53. The molecule has 33 heavy (non-hydrogen) atoms. The normalized spacial score (nSPS) is 13.3. The molecule has 0 aliphatic carbocycles. The van der Waals surface area contributed by atoms with Gasteiger partial charge in [0.1, 0.15) is 11.9 Å². The zero-order valence-corrected chi connectivity index (χ0v) is 19.8. The number of ether oxygens (including phenoxy) is 3. The number of rotatable bonds is 9. The first-order chi connectivity index (χ1) is 15.9. The van der Waals surface area contributed by atoms with Gasteiger partial charge in [-0.05, 0) is 42.2 Å². The van der Waals surface area contributed by atoms with Gasteiger partial charge in [0, 0.05) is 36.3 Å². The standard InChI is InChI=1S/C26H30N2O5/c1-6-17-18-9-16(33-13-15(2)3)7-8-22(18)27-25-20(17)11-28-23(25)10-19(24(12-29)32-5)21(14-31-4)26(28)30/h7-10,12,15,24H,6,11,13-14H2,1-5H3. The largest absolute Gasteiger partial charge is 0.493 e. The maximum absolute atomic E-state index is 13.4. The van der Waals surface area contributed by atoms with Crippen LogP contribution in [0.5, 0.6) is 5.75 Å². The minimum absolute atomic E-state index is 0.102. The third-order valence-corrected chi connectivity index (χ3v) is 6.08. The molecule has 1 unspecified atom stereocenters. The van der Waals surface area contributed by atoms with E-state index in [-0.39, 0.29) is 12.2 Å². The maximum Gasteiger partial charge on any atom is 0.257 e. The molecule has 1 atom stereocenters. The highest BCUT2D eigenvalue weighted by Crippen LogP contribution is 2.38. The summed E-state index contributed by atoms with van der Waals surface area (Å²) in [5.74, 6) is 1.25. The highest BCUT2D eigenvalue weighted by atomic mass is 16.5. The van der Waals surface area contributed by atoms with Crippen molar-refractivity contribution < 1.29 is 19.0 Å². The van der Waals surface area contributed by atoms with Crippen molar-refractivity contribution in [3.8, 4) is 17.1 Å². The number of pyridine rings is 2. The number of carbonyl (C=O) groups excluding carboxylic acids is 1. The smallest absolute Gasteiger partial charge is 0.257 e. The number of nitrogens with zero attached hydrogens (tertiary/aromatic N) is 2. The lowest BCUT2D eigenvalue weighted by Crippen LogP contribution is -2.27.